The van der Waals surface area contributed by atoms with Gasteiger partial charge in [-0.15, -0.1) is 10.2 Å². The number of nitrogens with one attached hydrogen (secondary N) is 1. The first-order valence-electron chi connectivity index (χ1n) is 8.83. The van der Waals surface area contributed by atoms with Gasteiger partial charge in [-0.3, -0.25) is 9.78 Å². The van der Waals surface area contributed by atoms with Crippen LogP contribution in [0.4, 0.5) is 0 Å². The van der Waals surface area contributed by atoms with E-state index in [9.17, 15) is 4.79 Å². The number of thioether (sulfide) groups is 1. The normalized spacial score (nSPS) is 12.1. The highest BCUT2D eigenvalue weighted by atomic mass is 32.2. The van der Waals surface area contributed by atoms with Gasteiger partial charge < -0.3 is 9.88 Å². The van der Waals surface area contributed by atoms with E-state index in [1.54, 1.807) is 12.4 Å². The van der Waals surface area contributed by atoms with Crippen molar-refractivity contribution in [3.63, 3.8) is 0 Å². The lowest BCUT2D eigenvalue weighted by Crippen LogP contribution is -2.33. The number of unbranched alkanes of at least 4 members (excludes halogenated alkanes) is 3. The molecule has 2 heterocycles. The smallest absolute Gasteiger partial charge is 0.230 e. The van der Waals surface area contributed by atoms with Crippen molar-refractivity contribution in [1.82, 2.24) is 25.1 Å². The van der Waals surface area contributed by atoms with Crippen molar-refractivity contribution in [1.29, 1.82) is 0 Å². The summed E-state index contributed by atoms with van der Waals surface area (Å²) in [7, 11) is 1.91. The molecule has 0 aromatic carbocycles. The second kappa shape index (κ2) is 10.2. The quantitative estimate of drug-likeness (QED) is 0.518. The number of pyridine rings is 1. The Kier molecular flexibility index (Phi) is 7.91. The molecular formula is C18H27N5OS. The van der Waals surface area contributed by atoms with Crippen molar-refractivity contribution in [2.24, 2.45) is 7.05 Å². The van der Waals surface area contributed by atoms with Crippen LogP contribution in [0.15, 0.2) is 29.7 Å². The maximum atomic E-state index is 12.1. The fourth-order valence-corrected chi connectivity index (χ4v) is 3.31. The number of rotatable bonds is 10. The average Bonchev–Trinajstić information content (AvgIpc) is 2.98. The minimum atomic E-state index is 0.0430. The van der Waals surface area contributed by atoms with Gasteiger partial charge in [0.1, 0.15) is 0 Å². The topological polar surface area (TPSA) is 72.7 Å². The summed E-state index contributed by atoms with van der Waals surface area (Å²) in [5.74, 6) is 1.16. The summed E-state index contributed by atoms with van der Waals surface area (Å²) in [6, 6.07) is 4.01. The van der Waals surface area contributed by atoms with Crippen LogP contribution in [-0.2, 0) is 11.8 Å². The molecule has 6 nitrogen and oxygen atoms in total. The molecule has 2 aromatic rings. The molecule has 0 saturated carbocycles. The molecule has 1 N–H and O–H groups in total. The summed E-state index contributed by atoms with van der Waals surface area (Å²) >= 11 is 1.41. The molecule has 25 heavy (non-hydrogen) atoms. The number of carbonyl (C=O) groups excluding carboxylic acids is 1. The van der Waals surface area contributed by atoms with Gasteiger partial charge in [0, 0.05) is 31.0 Å². The van der Waals surface area contributed by atoms with Crippen LogP contribution in [0.2, 0.25) is 0 Å². The van der Waals surface area contributed by atoms with Gasteiger partial charge in [0.05, 0.1) is 5.75 Å². The highest BCUT2D eigenvalue weighted by molar-refractivity contribution is 7.99. The van der Waals surface area contributed by atoms with Crippen molar-refractivity contribution in [2.45, 2.75) is 57.1 Å². The highest BCUT2D eigenvalue weighted by Crippen LogP contribution is 2.21. The van der Waals surface area contributed by atoms with E-state index in [2.05, 4.69) is 34.3 Å². The van der Waals surface area contributed by atoms with E-state index in [1.165, 1.54) is 37.4 Å². The van der Waals surface area contributed by atoms with Crippen LogP contribution < -0.4 is 5.32 Å². The summed E-state index contributed by atoms with van der Waals surface area (Å²) in [6.07, 6.45) is 9.40. The van der Waals surface area contributed by atoms with Gasteiger partial charge in [-0.25, -0.2) is 0 Å². The molecule has 0 aliphatic rings. The lowest BCUT2D eigenvalue weighted by molar-refractivity contribution is -0.119. The zero-order valence-corrected chi connectivity index (χ0v) is 16.1. The lowest BCUT2D eigenvalue weighted by atomic mass is 10.1. The first-order chi connectivity index (χ1) is 12.1. The van der Waals surface area contributed by atoms with E-state index in [0.29, 0.717) is 5.75 Å². The van der Waals surface area contributed by atoms with Crippen LogP contribution in [-0.4, -0.2) is 37.5 Å². The van der Waals surface area contributed by atoms with E-state index in [0.717, 1.165) is 23.0 Å². The molecule has 2 rings (SSSR count). The highest BCUT2D eigenvalue weighted by Gasteiger charge is 2.13. The van der Waals surface area contributed by atoms with Gasteiger partial charge in [0.25, 0.3) is 0 Å². The second-order valence-corrected chi connectivity index (χ2v) is 7.15. The molecule has 0 saturated heterocycles. The van der Waals surface area contributed by atoms with Crippen molar-refractivity contribution in [3.8, 4) is 11.4 Å². The largest absolute Gasteiger partial charge is 0.353 e. The first-order valence-corrected chi connectivity index (χ1v) is 9.82. The van der Waals surface area contributed by atoms with Crippen LogP contribution in [0.25, 0.3) is 11.4 Å². The Balaban J connectivity index is 1.79. The maximum absolute atomic E-state index is 12.1. The van der Waals surface area contributed by atoms with Crippen LogP contribution in [0.5, 0.6) is 0 Å². The van der Waals surface area contributed by atoms with Gasteiger partial charge in [-0.1, -0.05) is 44.4 Å². The molecule has 1 amide bonds. The molecule has 2 aromatic heterocycles. The number of nitrogens with zero attached hydrogens (tertiary/aromatic N) is 4. The van der Waals surface area contributed by atoms with Crippen LogP contribution in [0, 0.1) is 0 Å². The van der Waals surface area contributed by atoms with Gasteiger partial charge >= 0.3 is 0 Å². The maximum Gasteiger partial charge on any atom is 0.230 e. The molecule has 0 unspecified atom stereocenters. The van der Waals surface area contributed by atoms with Crippen molar-refractivity contribution >= 4 is 17.7 Å². The third-order valence-corrected chi connectivity index (χ3v) is 5.02. The second-order valence-electron chi connectivity index (χ2n) is 6.21. The van der Waals surface area contributed by atoms with Gasteiger partial charge in [-0.05, 0) is 25.5 Å². The molecule has 0 fully saturated rings. The third kappa shape index (κ3) is 6.16. The summed E-state index contributed by atoms with van der Waals surface area (Å²) in [6.45, 7) is 4.27. The van der Waals surface area contributed by atoms with Crippen LogP contribution in [0.1, 0.15) is 46.0 Å². The zero-order chi connectivity index (χ0) is 18.1. The van der Waals surface area contributed by atoms with Gasteiger partial charge in [0.2, 0.25) is 5.91 Å². The third-order valence-electron chi connectivity index (χ3n) is 4.00. The minimum Gasteiger partial charge on any atom is -0.353 e. The molecule has 136 valence electrons. The fourth-order valence-electron chi connectivity index (χ4n) is 2.59. The number of hydrogen-bond acceptors (Lipinski definition) is 5. The summed E-state index contributed by atoms with van der Waals surface area (Å²) in [5.41, 5.74) is 0.960. The Morgan fingerprint density at radius 1 is 1.24 bits per heavy atom. The summed E-state index contributed by atoms with van der Waals surface area (Å²) < 4.78 is 1.90. The Morgan fingerprint density at radius 2 is 2.00 bits per heavy atom. The molecule has 1 atom stereocenters. The molecule has 0 bridgehead atoms. The molecule has 0 radical (unpaired) electrons. The monoisotopic (exact) mass is 361 g/mol. The molecule has 0 aliphatic heterocycles. The Hall–Kier alpha value is -1.89. The predicted molar refractivity (Wildman–Crippen MR) is 101 cm³/mol. The SMILES string of the molecule is CCCCCC[C@@H](C)NC(=O)CSc1nnc(-c2ccncc2)n1C. The van der Waals surface area contributed by atoms with Crippen molar-refractivity contribution in [3.05, 3.63) is 24.5 Å². The number of amides is 1. The fraction of sp³-hybridized carbons (Fsp3) is 0.556. The van der Waals surface area contributed by atoms with Crippen molar-refractivity contribution < 1.29 is 4.79 Å². The number of carbonyl (C=O) groups is 1. The van der Waals surface area contributed by atoms with Gasteiger partial charge in [0.15, 0.2) is 11.0 Å². The van der Waals surface area contributed by atoms with E-state index < -0.39 is 0 Å². The van der Waals surface area contributed by atoms with Crippen LogP contribution in [0.3, 0.4) is 0 Å². The standard InChI is InChI=1S/C18H27N5OS/c1-4-5-6-7-8-14(2)20-16(24)13-25-18-22-21-17(23(18)3)15-9-11-19-12-10-15/h9-12,14H,4-8,13H2,1-3H3,(H,20,24)/t14-/m1/s1. The zero-order valence-electron chi connectivity index (χ0n) is 15.2. The summed E-state index contributed by atoms with van der Waals surface area (Å²) in [5, 5.41) is 12.2. The Bertz CT molecular complexity index is 659. The summed E-state index contributed by atoms with van der Waals surface area (Å²) in [4.78, 5) is 16.1. The number of hydrogen-bond donors (Lipinski definition) is 1. The lowest BCUT2D eigenvalue weighted by Gasteiger charge is -2.13. The average molecular weight is 362 g/mol. The van der Waals surface area contributed by atoms with Crippen molar-refractivity contribution in [2.75, 3.05) is 5.75 Å². The predicted octanol–water partition coefficient (Wildman–Crippen LogP) is 3.44. The number of aromatic nitrogens is 4. The van der Waals surface area contributed by atoms with Gasteiger partial charge in [-0.2, -0.15) is 0 Å². The minimum absolute atomic E-state index is 0.0430. The van der Waals surface area contributed by atoms with E-state index in [4.69, 9.17) is 0 Å². The first kappa shape index (κ1) is 19.4. The molecular weight excluding hydrogens is 334 g/mol. The molecule has 0 aliphatic carbocycles. The molecule has 7 heteroatoms. The Morgan fingerprint density at radius 3 is 2.72 bits per heavy atom. The Labute approximate surface area is 153 Å². The molecule has 0 spiro atoms. The van der Waals surface area contributed by atoms with E-state index in [1.807, 2.05) is 23.7 Å². The van der Waals surface area contributed by atoms with E-state index >= 15 is 0 Å². The van der Waals surface area contributed by atoms with Crippen LogP contribution >= 0.6 is 11.8 Å². The van der Waals surface area contributed by atoms with E-state index in [-0.39, 0.29) is 11.9 Å².